The van der Waals surface area contributed by atoms with Crippen LogP contribution in [0.5, 0.6) is 0 Å². The fourth-order valence-corrected chi connectivity index (χ4v) is 2.62. The molecule has 0 saturated carbocycles. The van der Waals surface area contributed by atoms with Crippen molar-refractivity contribution in [3.63, 3.8) is 0 Å². The highest BCUT2D eigenvalue weighted by Crippen LogP contribution is 2.26. The van der Waals surface area contributed by atoms with E-state index in [9.17, 15) is 32.3 Å². The molecular formula is C18H12F4N4O3. The molecule has 0 spiro atoms. The van der Waals surface area contributed by atoms with Gasteiger partial charge in [0, 0.05) is 12.4 Å². The van der Waals surface area contributed by atoms with Crippen molar-refractivity contribution in [3.05, 3.63) is 77.4 Å². The maximum atomic E-state index is 13.6. The van der Waals surface area contributed by atoms with Crippen LogP contribution in [0.2, 0.25) is 0 Å². The number of carboxylic acids is 1. The number of hydrogen-bond donors (Lipinski definition) is 2. The molecule has 2 N–H and O–H groups in total. The van der Waals surface area contributed by atoms with Crippen LogP contribution in [-0.4, -0.2) is 31.7 Å². The molecule has 0 fully saturated rings. The van der Waals surface area contributed by atoms with Crippen molar-refractivity contribution >= 4 is 11.9 Å². The lowest BCUT2D eigenvalue weighted by Crippen LogP contribution is -2.34. The van der Waals surface area contributed by atoms with E-state index < -0.39 is 47.2 Å². The predicted octanol–water partition coefficient (Wildman–Crippen LogP) is 3.04. The number of nitrogens with one attached hydrogen (secondary N) is 1. The van der Waals surface area contributed by atoms with Gasteiger partial charge in [-0.25, -0.2) is 27.0 Å². The van der Waals surface area contributed by atoms with Gasteiger partial charge < -0.3 is 10.4 Å². The normalized spacial score (nSPS) is 12.0. The third kappa shape index (κ3) is 4.08. The van der Waals surface area contributed by atoms with Gasteiger partial charge in [0.25, 0.3) is 12.3 Å². The number of benzene rings is 1. The second-order valence-corrected chi connectivity index (χ2v) is 5.78. The van der Waals surface area contributed by atoms with Crippen molar-refractivity contribution in [1.82, 2.24) is 20.1 Å². The van der Waals surface area contributed by atoms with Crippen LogP contribution in [0.3, 0.4) is 0 Å². The Balaban J connectivity index is 1.96. The number of hydrogen-bond acceptors (Lipinski definition) is 4. The molecule has 1 amide bonds. The molecule has 0 aliphatic heterocycles. The van der Waals surface area contributed by atoms with E-state index in [0.717, 1.165) is 16.9 Å². The predicted molar refractivity (Wildman–Crippen MR) is 90.5 cm³/mol. The highest BCUT2D eigenvalue weighted by molar-refractivity contribution is 5.97. The summed E-state index contributed by atoms with van der Waals surface area (Å²) in [7, 11) is 0. The van der Waals surface area contributed by atoms with Crippen LogP contribution in [0.1, 0.15) is 34.1 Å². The third-order valence-electron chi connectivity index (χ3n) is 3.96. The lowest BCUT2D eigenvalue weighted by molar-refractivity contribution is -0.139. The number of aliphatic carboxylic acids is 1. The molecule has 0 saturated heterocycles. The molecule has 3 aromatic rings. The second kappa shape index (κ2) is 8.09. The number of halogens is 4. The monoisotopic (exact) mass is 408 g/mol. The Bertz CT molecular complexity index is 1060. The van der Waals surface area contributed by atoms with Gasteiger partial charge in [-0.2, -0.15) is 5.10 Å². The Hall–Kier alpha value is -3.76. The lowest BCUT2D eigenvalue weighted by atomic mass is 10.1. The van der Waals surface area contributed by atoms with E-state index in [1.165, 1.54) is 24.5 Å². The van der Waals surface area contributed by atoms with Crippen LogP contribution in [0.25, 0.3) is 5.69 Å². The second-order valence-electron chi connectivity index (χ2n) is 5.78. The van der Waals surface area contributed by atoms with Crippen molar-refractivity contribution in [3.8, 4) is 5.69 Å². The molecule has 0 aliphatic carbocycles. The van der Waals surface area contributed by atoms with E-state index in [1.54, 1.807) is 0 Å². The van der Waals surface area contributed by atoms with Crippen molar-refractivity contribution in [2.75, 3.05) is 0 Å². The SMILES string of the molecule is O=C(NC(C(=O)O)c1ccc(F)c(F)c1)c1cnn(-c2ccncc2)c1C(F)F. The molecule has 0 radical (unpaired) electrons. The van der Waals surface area contributed by atoms with Gasteiger partial charge in [-0.15, -0.1) is 0 Å². The zero-order valence-corrected chi connectivity index (χ0v) is 14.4. The molecule has 1 aromatic carbocycles. The van der Waals surface area contributed by atoms with Gasteiger partial charge in [-0.3, -0.25) is 9.78 Å². The number of alkyl halides is 2. The van der Waals surface area contributed by atoms with Crippen LogP contribution in [0.15, 0.2) is 48.9 Å². The molecule has 2 aromatic heterocycles. The molecule has 1 atom stereocenters. The highest BCUT2D eigenvalue weighted by Gasteiger charge is 2.29. The van der Waals surface area contributed by atoms with Gasteiger partial charge in [-0.1, -0.05) is 6.07 Å². The summed E-state index contributed by atoms with van der Waals surface area (Å²) in [5, 5.41) is 15.1. The van der Waals surface area contributed by atoms with E-state index in [-0.39, 0.29) is 11.3 Å². The van der Waals surface area contributed by atoms with Gasteiger partial charge in [0.05, 0.1) is 17.4 Å². The Morgan fingerprint density at radius 1 is 1.07 bits per heavy atom. The topological polar surface area (TPSA) is 97.1 Å². The maximum Gasteiger partial charge on any atom is 0.330 e. The third-order valence-corrected chi connectivity index (χ3v) is 3.96. The first-order chi connectivity index (χ1) is 13.8. The minimum absolute atomic E-state index is 0.213. The Labute approximate surface area is 160 Å². The number of rotatable bonds is 6. The Kier molecular flexibility index (Phi) is 5.57. The number of carbonyl (C=O) groups is 2. The smallest absolute Gasteiger partial charge is 0.330 e. The average Bonchev–Trinajstić information content (AvgIpc) is 3.14. The number of aromatic nitrogens is 3. The van der Waals surface area contributed by atoms with Crippen LogP contribution >= 0.6 is 0 Å². The number of amides is 1. The standard InChI is InChI=1S/C18H12F4N4O3/c19-12-2-1-9(7-13(12)20)14(18(28)29)25-17(27)11-8-24-26(15(11)16(21)22)10-3-5-23-6-4-10/h1-8,14,16H,(H,25,27)(H,28,29). The summed E-state index contributed by atoms with van der Waals surface area (Å²) < 4.78 is 54.6. The molecule has 0 aliphatic rings. The fourth-order valence-electron chi connectivity index (χ4n) is 2.62. The maximum absolute atomic E-state index is 13.6. The first-order valence-electron chi connectivity index (χ1n) is 8.04. The summed E-state index contributed by atoms with van der Waals surface area (Å²) in [6, 6.07) is 3.24. The summed E-state index contributed by atoms with van der Waals surface area (Å²) in [5.74, 6) is -5.29. The van der Waals surface area contributed by atoms with Gasteiger partial charge >= 0.3 is 5.97 Å². The molecule has 1 unspecified atom stereocenters. The van der Waals surface area contributed by atoms with E-state index in [1.807, 2.05) is 5.32 Å². The first kappa shape index (κ1) is 20.0. The summed E-state index contributed by atoms with van der Waals surface area (Å²) in [6.07, 6.45) is 0.435. The molecule has 3 rings (SSSR count). The number of nitrogens with zero attached hydrogens (tertiary/aromatic N) is 3. The van der Waals surface area contributed by atoms with Crippen molar-refractivity contribution in [2.24, 2.45) is 0 Å². The molecular weight excluding hydrogens is 396 g/mol. The summed E-state index contributed by atoms with van der Waals surface area (Å²) in [6.45, 7) is 0. The molecule has 7 nitrogen and oxygen atoms in total. The van der Waals surface area contributed by atoms with Gasteiger partial charge in [-0.05, 0) is 29.8 Å². The van der Waals surface area contributed by atoms with Gasteiger partial charge in [0.2, 0.25) is 0 Å². The zero-order chi connectivity index (χ0) is 21.1. The Morgan fingerprint density at radius 2 is 1.76 bits per heavy atom. The summed E-state index contributed by atoms with van der Waals surface area (Å²) in [4.78, 5) is 27.8. The molecule has 11 heteroatoms. The zero-order valence-electron chi connectivity index (χ0n) is 14.4. The van der Waals surface area contributed by atoms with Crippen LogP contribution in [-0.2, 0) is 4.79 Å². The van der Waals surface area contributed by atoms with Crippen molar-refractivity contribution in [2.45, 2.75) is 12.5 Å². The Morgan fingerprint density at radius 3 is 2.34 bits per heavy atom. The van der Waals surface area contributed by atoms with Crippen LogP contribution in [0.4, 0.5) is 17.6 Å². The minimum Gasteiger partial charge on any atom is -0.479 e. The van der Waals surface area contributed by atoms with Crippen molar-refractivity contribution < 1.29 is 32.3 Å². The molecule has 29 heavy (non-hydrogen) atoms. The van der Waals surface area contributed by atoms with Gasteiger partial charge in [0.15, 0.2) is 17.7 Å². The summed E-state index contributed by atoms with van der Waals surface area (Å²) in [5.41, 5.74) is -1.39. The largest absolute Gasteiger partial charge is 0.479 e. The summed E-state index contributed by atoms with van der Waals surface area (Å²) >= 11 is 0. The van der Waals surface area contributed by atoms with E-state index in [4.69, 9.17) is 0 Å². The van der Waals surface area contributed by atoms with E-state index in [2.05, 4.69) is 10.1 Å². The number of pyridine rings is 1. The van der Waals surface area contributed by atoms with Crippen molar-refractivity contribution in [1.29, 1.82) is 0 Å². The minimum atomic E-state index is -3.11. The number of carbonyl (C=O) groups excluding carboxylic acids is 1. The lowest BCUT2D eigenvalue weighted by Gasteiger charge is -2.15. The average molecular weight is 408 g/mol. The van der Waals surface area contributed by atoms with E-state index >= 15 is 0 Å². The quantitative estimate of drug-likeness (QED) is 0.611. The molecule has 2 heterocycles. The first-order valence-corrected chi connectivity index (χ1v) is 8.04. The van der Waals surface area contributed by atoms with Gasteiger partial charge in [0.1, 0.15) is 5.69 Å². The van der Waals surface area contributed by atoms with E-state index in [0.29, 0.717) is 12.1 Å². The fraction of sp³-hybridized carbons (Fsp3) is 0.111. The highest BCUT2D eigenvalue weighted by atomic mass is 19.3. The number of carboxylic acid groups (broad SMARTS) is 1. The molecule has 150 valence electrons. The molecule has 0 bridgehead atoms. The van der Waals surface area contributed by atoms with Crippen LogP contribution < -0.4 is 5.32 Å². The van der Waals surface area contributed by atoms with Crippen LogP contribution in [0, 0.1) is 11.6 Å².